The van der Waals surface area contributed by atoms with Crippen molar-refractivity contribution in [3.8, 4) is 0 Å². The van der Waals surface area contributed by atoms with Crippen LogP contribution >= 0.6 is 23.2 Å². The summed E-state index contributed by atoms with van der Waals surface area (Å²) in [5.41, 5.74) is 0.256. The zero-order valence-electron chi connectivity index (χ0n) is 9.18. The third kappa shape index (κ3) is 5.14. The van der Waals surface area contributed by atoms with E-state index in [1.54, 1.807) is 19.1 Å². The van der Waals surface area contributed by atoms with Crippen LogP contribution in [0.25, 0.3) is 0 Å². The summed E-state index contributed by atoms with van der Waals surface area (Å²) < 4.78 is 0. The van der Waals surface area contributed by atoms with E-state index < -0.39 is 0 Å². The fraction of sp³-hybridized carbons (Fsp3) is 0.455. The lowest BCUT2D eigenvalue weighted by Crippen LogP contribution is -2.01. The summed E-state index contributed by atoms with van der Waals surface area (Å²) >= 11 is 11.3. The van der Waals surface area contributed by atoms with Crippen LogP contribution in [0.2, 0.25) is 10.2 Å². The average Bonchev–Trinajstić information content (AvgIpc) is 2.22. The van der Waals surface area contributed by atoms with E-state index >= 15 is 0 Å². The minimum Gasteiger partial charge on any atom is -0.292 e. The summed E-state index contributed by atoms with van der Waals surface area (Å²) in [4.78, 5) is 15.0. The molecule has 0 bridgehead atoms. The lowest BCUT2D eigenvalue weighted by atomic mass is 10.2. The number of carbonyl (C=O) groups excluding carboxylic acids is 1. The summed E-state index contributed by atoms with van der Waals surface area (Å²) in [6.45, 7) is 6.00. The molecular formula is C11H15Cl2NO. The van der Waals surface area contributed by atoms with Crippen molar-refractivity contribution in [2.45, 2.75) is 33.6 Å². The zero-order chi connectivity index (χ0) is 11.8. The summed E-state index contributed by atoms with van der Waals surface area (Å²) in [5.74, 6) is -0.0949. The van der Waals surface area contributed by atoms with Crippen molar-refractivity contribution in [1.29, 1.82) is 0 Å². The van der Waals surface area contributed by atoms with Crippen molar-refractivity contribution in [3.63, 3.8) is 0 Å². The molecule has 0 unspecified atom stereocenters. The highest BCUT2D eigenvalue weighted by Crippen LogP contribution is 2.17. The van der Waals surface area contributed by atoms with Crippen LogP contribution in [-0.2, 0) is 0 Å². The molecule has 0 aliphatic carbocycles. The lowest BCUT2D eigenvalue weighted by molar-refractivity contribution is 0.0983. The van der Waals surface area contributed by atoms with Crippen LogP contribution in [0.5, 0.6) is 0 Å². The number of rotatable bonds is 2. The molecule has 1 heterocycles. The highest BCUT2D eigenvalue weighted by molar-refractivity contribution is 6.34. The van der Waals surface area contributed by atoms with Crippen molar-refractivity contribution < 1.29 is 4.79 Å². The van der Waals surface area contributed by atoms with Crippen molar-refractivity contribution >= 4 is 29.0 Å². The van der Waals surface area contributed by atoms with Crippen LogP contribution in [0.3, 0.4) is 0 Å². The Morgan fingerprint density at radius 2 is 1.80 bits per heavy atom. The Morgan fingerprint density at radius 3 is 2.27 bits per heavy atom. The van der Waals surface area contributed by atoms with Crippen LogP contribution in [-0.4, -0.2) is 10.8 Å². The van der Waals surface area contributed by atoms with Gasteiger partial charge >= 0.3 is 0 Å². The molecule has 0 saturated carbocycles. The first-order chi connectivity index (χ1) is 7.06. The Labute approximate surface area is 101 Å². The second kappa shape index (κ2) is 7.66. The van der Waals surface area contributed by atoms with Gasteiger partial charge in [0.2, 0.25) is 0 Å². The van der Waals surface area contributed by atoms with Crippen LogP contribution < -0.4 is 0 Å². The first-order valence-corrected chi connectivity index (χ1v) is 5.67. The van der Waals surface area contributed by atoms with Crippen molar-refractivity contribution in [2.75, 3.05) is 0 Å². The van der Waals surface area contributed by atoms with E-state index in [0.717, 1.165) is 0 Å². The highest BCUT2D eigenvalue weighted by atomic mass is 35.5. The maximum Gasteiger partial charge on any atom is 0.182 e. The van der Waals surface area contributed by atoms with Gasteiger partial charge in [0.25, 0.3) is 0 Å². The SMILES string of the molecule is CCC.CCC(=O)c1nc(Cl)ccc1Cl. The average molecular weight is 248 g/mol. The molecule has 1 aromatic heterocycles. The molecule has 0 saturated heterocycles. The standard InChI is InChI=1S/C8H7Cl2NO.C3H8/c1-2-6(12)8-5(9)3-4-7(10)11-8;1-3-2/h3-4H,2H2,1H3;3H2,1-2H3. The van der Waals surface area contributed by atoms with Gasteiger partial charge in [0.15, 0.2) is 5.78 Å². The first-order valence-electron chi connectivity index (χ1n) is 4.91. The van der Waals surface area contributed by atoms with Gasteiger partial charge in [-0.2, -0.15) is 0 Å². The molecule has 4 heteroatoms. The molecule has 84 valence electrons. The molecule has 0 spiro atoms. The number of Topliss-reactive ketones (excluding diaryl/α,β-unsaturated/α-hetero) is 1. The van der Waals surface area contributed by atoms with Crippen molar-refractivity contribution in [3.05, 3.63) is 28.0 Å². The predicted octanol–water partition coefficient (Wildman–Crippen LogP) is 4.40. The third-order valence-electron chi connectivity index (χ3n) is 1.40. The number of pyridine rings is 1. The Kier molecular flexibility index (Phi) is 7.35. The van der Waals surface area contributed by atoms with Crippen LogP contribution in [0.4, 0.5) is 0 Å². The number of carbonyl (C=O) groups is 1. The number of nitrogens with zero attached hydrogens (tertiary/aromatic N) is 1. The summed E-state index contributed by atoms with van der Waals surface area (Å²) in [6.07, 6.45) is 1.63. The zero-order valence-corrected chi connectivity index (χ0v) is 10.7. The minimum atomic E-state index is -0.0949. The molecule has 0 aromatic carbocycles. The second-order valence-electron chi connectivity index (χ2n) is 2.95. The molecule has 0 fully saturated rings. The Balaban J connectivity index is 0.000000583. The quantitative estimate of drug-likeness (QED) is 0.573. The van der Waals surface area contributed by atoms with Gasteiger partial charge in [0, 0.05) is 6.42 Å². The van der Waals surface area contributed by atoms with Crippen molar-refractivity contribution in [1.82, 2.24) is 4.98 Å². The van der Waals surface area contributed by atoms with Crippen molar-refractivity contribution in [2.24, 2.45) is 0 Å². The number of ketones is 1. The van der Waals surface area contributed by atoms with Gasteiger partial charge in [-0.15, -0.1) is 0 Å². The van der Waals surface area contributed by atoms with E-state index in [1.807, 2.05) is 0 Å². The molecule has 0 amide bonds. The van der Waals surface area contributed by atoms with Gasteiger partial charge in [-0.25, -0.2) is 4.98 Å². The topological polar surface area (TPSA) is 30.0 Å². The summed E-state index contributed by atoms with van der Waals surface area (Å²) in [5, 5.41) is 0.641. The smallest absolute Gasteiger partial charge is 0.182 e. The van der Waals surface area contributed by atoms with Gasteiger partial charge < -0.3 is 0 Å². The van der Waals surface area contributed by atoms with Gasteiger partial charge in [-0.3, -0.25) is 4.79 Å². The number of hydrogen-bond donors (Lipinski definition) is 0. The Bertz CT molecular complexity index is 326. The fourth-order valence-corrected chi connectivity index (χ4v) is 1.14. The molecule has 0 aliphatic heterocycles. The Morgan fingerprint density at radius 1 is 1.27 bits per heavy atom. The molecular weight excluding hydrogens is 233 g/mol. The van der Waals surface area contributed by atoms with Crippen LogP contribution in [0.1, 0.15) is 44.1 Å². The van der Waals surface area contributed by atoms with Gasteiger partial charge in [-0.1, -0.05) is 50.4 Å². The fourth-order valence-electron chi connectivity index (χ4n) is 0.781. The maximum atomic E-state index is 11.2. The molecule has 0 aliphatic rings. The van der Waals surface area contributed by atoms with E-state index in [0.29, 0.717) is 11.4 Å². The first kappa shape index (κ1) is 14.4. The number of aromatic nitrogens is 1. The van der Waals surface area contributed by atoms with Crippen LogP contribution in [0, 0.1) is 0 Å². The summed E-state index contributed by atoms with van der Waals surface area (Å²) in [6, 6.07) is 3.12. The van der Waals surface area contributed by atoms with E-state index in [-0.39, 0.29) is 16.6 Å². The van der Waals surface area contributed by atoms with E-state index in [2.05, 4.69) is 18.8 Å². The van der Waals surface area contributed by atoms with E-state index in [4.69, 9.17) is 23.2 Å². The summed E-state index contributed by atoms with van der Waals surface area (Å²) in [7, 11) is 0. The van der Waals surface area contributed by atoms with Gasteiger partial charge in [0.05, 0.1) is 5.02 Å². The second-order valence-corrected chi connectivity index (χ2v) is 3.74. The molecule has 0 N–H and O–H groups in total. The van der Waals surface area contributed by atoms with Gasteiger partial charge in [-0.05, 0) is 12.1 Å². The predicted molar refractivity (Wildman–Crippen MR) is 64.8 cm³/mol. The van der Waals surface area contributed by atoms with Crippen LogP contribution in [0.15, 0.2) is 12.1 Å². The number of halogens is 2. The highest BCUT2D eigenvalue weighted by Gasteiger charge is 2.09. The third-order valence-corrected chi connectivity index (χ3v) is 1.91. The van der Waals surface area contributed by atoms with Gasteiger partial charge in [0.1, 0.15) is 10.8 Å². The molecule has 0 atom stereocenters. The Hall–Kier alpha value is -0.600. The molecule has 1 aromatic rings. The molecule has 15 heavy (non-hydrogen) atoms. The monoisotopic (exact) mass is 247 g/mol. The maximum absolute atomic E-state index is 11.2. The molecule has 0 radical (unpaired) electrons. The van der Waals surface area contributed by atoms with E-state index in [9.17, 15) is 4.79 Å². The molecule has 2 nitrogen and oxygen atoms in total. The largest absolute Gasteiger partial charge is 0.292 e. The lowest BCUT2D eigenvalue weighted by Gasteiger charge is -1.99. The number of hydrogen-bond acceptors (Lipinski definition) is 2. The molecule has 1 rings (SSSR count). The minimum absolute atomic E-state index is 0.0949. The normalized spacial score (nSPS) is 9.13. The van der Waals surface area contributed by atoms with E-state index in [1.165, 1.54) is 6.42 Å².